The lowest BCUT2D eigenvalue weighted by molar-refractivity contribution is 0.229. The van der Waals surface area contributed by atoms with Crippen molar-refractivity contribution in [3.63, 3.8) is 0 Å². The van der Waals surface area contributed by atoms with Crippen molar-refractivity contribution in [1.29, 1.82) is 0 Å². The van der Waals surface area contributed by atoms with Crippen LogP contribution < -0.4 is 10.1 Å². The molecule has 0 atom stereocenters. The highest BCUT2D eigenvalue weighted by Crippen LogP contribution is 2.34. The van der Waals surface area contributed by atoms with Gasteiger partial charge in [-0.3, -0.25) is 0 Å². The van der Waals surface area contributed by atoms with Gasteiger partial charge in [-0.15, -0.1) is 0 Å². The third-order valence-electron chi connectivity index (χ3n) is 2.83. The number of hydrogen-bond acceptors (Lipinski definition) is 4. The minimum Gasteiger partial charge on any atom is -0.481 e. The van der Waals surface area contributed by atoms with E-state index in [1.165, 1.54) is 0 Å². The van der Waals surface area contributed by atoms with Crippen molar-refractivity contribution in [2.24, 2.45) is 0 Å². The van der Waals surface area contributed by atoms with Crippen LogP contribution in [0.4, 0.5) is 0 Å². The molecule has 1 fully saturated rings. The number of nitrogens with one attached hydrogen (secondary N) is 1. The van der Waals surface area contributed by atoms with E-state index in [0.29, 0.717) is 5.88 Å². The highest BCUT2D eigenvalue weighted by atomic mass is 16.5. The SMILES string of the molecule is COc1ccc(CNC2(CO)CC2)cn1. The molecule has 0 aromatic carbocycles. The first kappa shape index (κ1) is 10.4. The summed E-state index contributed by atoms with van der Waals surface area (Å²) in [5, 5.41) is 12.5. The molecule has 0 unspecified atom stereocenters. The van der Waals surface area contributed by atoms with Gasteiger partial charge in [0.2, 0.25) is 5.88 Å². The highest BCUT2D eigenvalue weighted by molar-refractivity contribution is 5.18. The summed E-state index contributed by atoms with van der Waals surface area (Å²) in [5.41, 5.74) is 1.09. The van der Waals surface area contributed by atoms with Crippen LogP contribution in [0.2, 0.25) is 0 Å². The van der Waals surface area contributed by atoms with Crippen molar-refractivity contribution >= 4 is 0 Å². The van der Waals surface area contributed by atoms with E-state index in [9.17, 15) is 0 Å². The van der Waals surface area contributed by atoms with E-state index >= 15 is 0 Å². The van der Waals surface area contributed by atoms with Gasteiger partial charge in [-0.25, -0.2) is 4.98 Å². The number of hydrogen-bond donors (Lipinski definition) is 2. The lowest BCUT2D eigenvalue weighted by Gasteiger charge is -2.13. The van der Waals surface area contributed by atoms with E-state index in [2.05, 4.69) is 10.3 Å². The Morgan fingerprint density at radius 1 is 1.53 bits per heavy atom. The first-order chi connectivity index (χ1) is 7.28. The molecule has 0 spiro atoms. The van der Waals surface area contributed by atoms with Gasteiger partial charge in [0.25, 0.3) is 0 Å². The molecular formula is C11H16N2O2. The largest absolute Gasteiger partial charge is 0.481 e. The molecule has 2 rings (SSSR count). The molecule has 0 radical (unpaired) electrons. The van der Waals surface area contributed by atoms with Crippen LogP contribution in [0.15, 0.2) is 18.3 Å². The third-order valence-corrected chi connectivity index (χ3v) is 2.83. The Kier molecular flexibility index (Phi) is 2.88. The van der Waals surface area contributed by atoms with Crippen molar-refractivity contribution in [1.82, 2.24) is 10.3 Å². The number of aromatic nitrogens is 1. The van der Waals surface area contributed by atoms with Gasteiger partial charge in [0.1, 0.15) is 0 Å². The van der Waals surface area contributed by atoms with E-state index in [-0.39, 0.29) is 12.1 Å². The summed E-state index contributed by atoms with van der Waals surface area (Å²) >= 11 is 0. The predicted molar refractivity (Wildman–Crippen MR) is 56.7 cm³/mol. The molecule has 2 N–H and O–H groups in total. The zero-order chi connectivity index (χ0) is 10.7. The third kappa shape index (κ3) is 2.46. The maximum atomic E-state index is 9.12. The summed E-state index contributed by atoms with van der Waals surface area (Å²) in [6, 6.07) is 3.82. The molecule has 1 heterocycles. The quantitative estimate of drug-likeness (QED) is 0.748. The minimum absolute atomic E-state index is 0.0140. The lowest BCUT2D eigenvalue weighted by atomic mass is 10.2. The molecule has 0 saturated heterocycles. The monoisotopic (exact) mass is 208 g/mol. The smallest absolute Gasteiger partial charge is 0.212 e. The molecule has 1 aromatic rings. The molecule has 0 aliphatic heterocycles. The van der Waals surface area contributed by atoms with Crippen molar-refractivity contribution in [2.75, 3.05) is 13.7 Å². The van der Waals surface area contributed by atoms with Crippen LogP contribution in [0, 0.1) is 0 Å². The molecule has 1 saturated carbocycles. The number of rotatable bonds is 5. The van der Waals surface area contributed by atoms with Crippen molar-refractivity contribution in [2.45, 2.75) is 24.9 Å². The van der Waals surface area contributed by atoms with Gasteiger partial charge in [0, 0.05) is 24.3 Å². The summed E-state index contributed by atoms with van der Waals surface area (Å²) in [6.45, 7) is 0.966. The highest BCUT2D eigenvalue weighted by Gasteiger charge is 2.41. The second kappa shape index (κ2) is 4.16. The van der Waals surface area contributed by atoms with Crippen LogP contribution in [0.5, 0.6) is 5.88 Å². The molecule has 15 heavy (non-hydrogen) atoms. The Balaban J connectivity index is 1.88. The number of nitrogens with zero attached hydrogens (tertiary/aromatic N) is 1. The van der Waals surface area contributed by atoms with Gasteiger partial charge in [-0.1, -0.05) is 6.07 Å². The topological polar surface area (TPSA) is 54.4 Å². The summed E-state index contributed by atoms with van der Waals surface area (Å²) in [7, 11) is 1.60. The Bertz CT molecular complexity index is 320. The fourth-order valence-corrected chi connectivity index (χ4v) is 1.47. The number of pyridine rings is 1. The van der Waals surface area contributed by atoms with Gasteiger partial charge in [-0.2, -0.15) is 0 Å². The van der Waals surface area contributed by atoms with E-state index in [4.69, 9.17) is 9.84 Å². The minimum atomic E-state index is -0.0140. The zero-order valence-corrected chi connectivity index (χ0v) is 8.86. The number of ether oxygens (including phenoxy) is 1. The first-order valence-electron chi connectivity index (χ1n) is 5.13. The second-order valence-corrected chi connectivity index (χ2v) is 4.00. The van der Waals surface area contributed by atoms with Gasteiger partial charge in [-0.05, 0) is 18.4 Å². The number of methoxy groups -OCH3 is 1. The normalized spacial score (nSPS) is 17.5. The van der Waals surface area contributed by atoms with Crippen molar-refractivity contribution in [3.05, 3.63) is 23.9 Å². The van der Waals surface area contributed by atoms with Gasteiger partial charge >= 0.3 is 0 Å². The van der Waals surface area contributed by atoms with Gasteiger partial charge in [0.15, 0.2) is 0 Å². The summed E-state index contributed by atoms with van der Waals surface area (Å²) in [5.74, 6) is 0.627. The van der Waals surface area contributed by atoms with Crippen LogP contribution in [-0.4, -0.2) is 29.3 Å². The maximum Gasteiger partial charge on any atom is 0.212 e. The molecule has 82 valence electrons. The molecule has 1 aliphatic carbocycles. The summed E-state index contributed by atoms with van der Waals surface area (Å²) in [6.07, 6.45) is 3.92. The Hall–Kier alpha value is -1.13. The molecule has 1 aliphatic rings. The van der Waals surface area contributed by atoms with E-state index in [1.54, 1.807) is 13.3 Å². The second-order valence-electron chi connectivity index (χ2n) is 4.00. The molecule has 0 bridgehead atoms. The summed E-state index contributed by atoms with van der Waals surface area (Å²) in [4.78, 5) is 4.12. The van der Waals surface area contributed by atoms with E-state index in [1.807, 2.05) is 12.1 Å². The van der Waals surface area contributed by atoms with Crippen LogP contribution in [0.3, 0.4) is 0 Å². The zero-order valence-electron chi connectivity index (χ0n) is 8.86. The maximum absolute atomic E-state index is 9.12. The van der Waals surface area contributed by atoms with Crippen molar-refractivity contribution < 1.29 is 9.84 Å². The molecule has 4 nitrogen and oxygen atoms in total. The molecule has 1 aromatic heterocycles. The van der Waals surface area contributed by atoms with Crippen LogP contribution in [0.1, 0.15) is 18.4 Å². The number of aliphatic hydroxyl groups is 1. The number of aliphatic hydroxyl groups excluding tert-OH is 1. The van der Waals surface area contributed by atoms with Crippen molar-refractivity contribution in [3.8, 4) is 5.88 Å². The Morgan fingerprint density at radius 3 is 2.80 bits per heavy atom. The standard InChI is InChI=1S/C11H16N2O2/c1-15-10-3-2-9(6-12-10)7-13-11(8-14)4-5-11/h2-3,6,13-14H,4-5,7-8H2,1H3. The fraction of sp³-hybridized carbons (Fsp3) is 0.545. The van der Waals surface area contributed by atoms with Gasteiger partial charge in [0.05, 0.1) is 13.7 Å². The van der Waals surface area contributed by atoms with Crippen LogP contribution in [0.25, 0.3) is 0 Å². The first-order valence-corrected chi connectivity index (χ1v) is 5.13. The molecule has 0 amide bonds. The lowest BCUT2D eigenvalue weighted by Crippen LogP contribution is -2.34. The Morgan fingerprint density at radius 2 is 2.33 bits per heavy atom. The average molecular weight is 208 g/mol. The van der Waals surface area contributed by atoms with Gasteiger partial charge < -0.3 is 15.2 Å². The Labute approximate surface area is 89.3 Å². The van der Waals surface area contributed by atoms with Crippen LogP contribution in [-0.2, 0) is 6.54 Å². The van der Waals surface area contributed by atoms with Crippen LogP contribution >= 0.6 is 0 Å². The summed E-state index contributed by atoms with van der Waals surface area (Å²) < 4.78 is 4.98. The fourth-order valence-electron chi connectivity index (χ4n) is 1.47. The average Bonchev–Trinajstić information content (AvgIpc) is 3.08. The van der Waals surface area contributed by atoms with E-state index in [0.717, 1.165) is 24.9 Å². The molecule has 4 heteroatoms. The van der Waals surface area contributed by atoms with E-state index < -0.39 is 0 Å². The predicted octanol–water partition coefficient (Wildman–Crippen LogP) is 0.705. The molecular weight excluding hydrogens is 192 g/mol.